The van der Waals surface area contributed by atoms with Crippen molar-refractivity contribution < 1.29 is 17.8 Å². The van der Waals surface area contributed by atoms with E-state index in [4.69, 9.17) is 13.0 Å². The summed E-state index contributed by atoms with van der Waals surface area (Å²) in [5.74, 6) is -0.370. The molecule has 0 saturated carbocycles. The van der Waals surface area contributed by atoms with Gasteiger partial charge in [0.05, 0.1) is 0 Å². The maximum absolute atomic E-state index is 11.3. The van der Waals surface area contributed by atoms with Gasteiger partial charge in [0, 0.05) is 12.1 Å². The summed E-state index contributed by atoms with van der Waals surface area (Å²) >= 11 is 0. The number of ether oxygens (including phenoxy) is 1. The Kier molecular flexibility index (Phi) is 8.19. The third-order valence-corrected chi connectivity index (χ3v) is 11.0. The lowest BCUT2D eigenvalue weighted by Crippen LogP contribution is -2.45. The van der Waals surface area contributed by atoms with E-state index in [-0.39, 0.29) is 12.1 Å². The van der Waals surface area contributed by atoms with Crippen molar-refractivity contribution in [1.29, 1.82) is 0 Å². The van der Waals surface area contributed by atoms with Crippen molar-refractivity contribution in [1.82, 2.24) is 0 Å². The molecule has 0 heterocycles. The zero-order chi connectivity index (χ0) is 16.0. The van der Waals surface area contributed by atoms with Crippen LogP contribution in [0.25, 0.3) is 0 Å². The molecule has 0 fully saturated rings. The first-order chi connectivity index (χ1) is 8.96. The number of carbonyl (C=O) groups excluding carboxylic acids is 1. The Bertz CT molecular complexity index is 305. The Morgan fingerprint density at radius 2 is 1.60 bits per heavy atom. The van der Waals surface area contributed by atoms with Crippen LogP contribution in [0.4, 0.5) is 0 Å². The van der Waals surface area contributed by atoms with Gasteiger partial charge in [-0.25, -0.2) is 4.79 Å². The first kappa shape index (κ1) is 19.8. The maximum Gasteiger partial charge on any atom is 0.330 e. The largest absolute Gasteiger partial charge is 0.459 e. The Hall–Kier alpha value is -0.219. The van der Waals surface area contributed by atoms with E-state index in [1.165, 1.54) is 6.08 Å². The second kappa shape index (κ2) is 8.28. The van der Waals surface area contributed by atoms with E-state index >= 15 is 0 Å². The van der Waals surface area contributed by atoms with Crippen molar-refractivity contribution in [2.24, 2.45) is 0 Å². The van der Waals surface area contributed by atoms with E-state index in [0.717, 1.165) is 6.42 Å². The molecule has 0 aliphatic carbocycles. The Labute approximate surface area is 127 Å². The second-order valence-corrected chi connectivity index (χ2v) is 18.5. The van der Waals surface area contributed by atoms with Crippen molar-refractivity contribution in [3.8, 4) is 0 Å². The molecule has 0 N–H and O–H groups in total. The molecule has 0 radical (unpaired) electrons. The van der Waals surface area contributed by atoms with Crippen LogP contribution < -0.4 is 0 Å². The average Bonchev–Trinajstić information content (AvgIpc) is 2.23. The SMILES string of the molecule is C=CC(=O)OC(CC)C[SiH](O[Si](C)(C)C)O[Si](C)(C)C. The normalized spacial score (nSPS) is 14.2. The molecule has 0 aliphatic rings. The van der Waals surface area contributed by atoms with E-state index < -0.39 is 25.9 Å². The molecule has 7 heteroatoms. The summed E-state index contributed by atoms with van der Waals surface area (Å²) in [5.41, 5.74) is 0. The van der Waals surface area contributed by atoms with Crippen LogP contribution in [0.3, 0.4) is 0 Å². The summed E-state index contributed by atoms with van der Waals surface area (Å²) in [4.78, 5) is 11.3. The topological polar surface area (TPSA) is 44.8 Å². The van der Waals surface area contributed by atoms with Crippen LogP contribution in [-0.2, 0) is 17.8 Å². The molecule has 1 unspecified atom stereocenters. The van der Waals surface area contributed by atoms with E-state index in [1.807, 2.05) is 6.92 Å². The van der Waals surface area contributed by atoms with Crippen LogP contribution in [0.2, 0.25) is 45.3 Å². The lowest BCUT2D eigenvalue weighted by Gasteiger charge is -2.32. The zero-order valence-corrected chi connectivity index (χ0v) is 17.1. The Morgan fingerprint density at radius 3 is 1.90 bits per heavy atom. The van der Waals surface area contributed by atoms with Crippen molar-refractivity contribution in [2.45, 2.75) is 64.8 Å². The van der Waals surface area contributed by atoms with Crippen molar-refractivity contribution in [2.75, 3.05) is 0 Å². The standard InChI is InChI=1S/C13H30O4Si3/c1-9-12(15-13(14)10-2)11-18(16-19(3,4)5)17-20(6,7)8/h10,12,18H,2,9,11H2,1,3-8H3. The van der Waals surface area contributed by atoms with Gasteiger partial charge in [0.25, 0.3) is 0 Å². The Balaban J connectivity index is 4.75. The first-order valence-corrected chi connectivity index (χ1v) is 15.7. The highest BCUT2D eigenvalue weighted by atomic mass is 28.4. The summed E-state index contributed by atoms with van der Waals surface area (Å²) in [6.45, 7) is 18.4. The monoisotopic (exact) mass is 334 g/mol. The van der Waals surface area contributed by atoms with Gasteiger partial charge in [0.1, 0.15) is 6.10 Å². The minimum atomic E-state index is -1.82. The van der Waals surface area contributed by atoms with E-state index in [2.05, 4.69) is 45.9 Å². The van der Waals surface area contributed by atoms with Gasteiger partial charge in [0.15, 0.2) is 16.6 Å². The number of hydrogen-bond donors (Lipinski definition) is 0. The van der Waals surface area contributed by atoms with Crippen LogP contribution in [-0.4, -0.2) is 38.0 Å². The van der Waals surface area contributed by atoms with Gasteiger partial charge < -0.3 is 13.0 Å². The van der Waals surface area contributed by atoms with Crippen LogP contribution in [0, 0.1) is 0 Å². The quantitative estimate of drug-likeness (QED) is 0.368. The minimum Gasteiger partial charge on any atom is -0.459 e. The number of esters is 1. The predicted octanol–water partition coefficient (Wildman–Crippen LogP) is 3.42. The molecule has 0 aromatic carbocycles. The maximum atomic E-state index is 11.3. The highest BCUT2D eigenvalue weighted by Crippen LogP contribution is 2.18. The highest BCUT2D eigenvalue weighted by Gasteiger charge is 2.31. The minimum absolute atomic E-state index is 0.134. The summed E-state index contributed by atoms with van der Waals surface area (Å²) < 4.78 is 17.8. The second-order valence-electron chi connectivity index (χ2n) is 6.80. The van der Waals surface area contributed by atoms with Crippen molar-refractivity contribution in [3.05, 3.63) is 12.7 Å². The molecule has 0 saturated heterocycles. The molecule has 1 atom stereocenters. The van der Waals surface area contributed by atoms with Gasteiger partial charge in [0.2, 0.25) is 0 Å². The molecule has 20 heavy (non-hydrogen) atoms. The molecule has 118 valence electrons. The summed E-state index contributed by atoms with van der Waals surface area (Å²) in [5, 5.41) is 0. The lowest BCUT2D eigenvalue weighted by atomic mass is 10.3. The smallest absolute Gasteiger partial charge is 0.330 e. The van der Waals surface area contributed by atoms with Crippen LogP contribution in [0.1, 0.15) is 13.3 Å². The fraction of sp³-hybridized carbons (Fsp3) is 0.769. The summed E-state index contributed by atoms with van der Waals surface area (Å²) in [6.07, 6.45) is 1.84. The van der Waals surface area contributed by atoms with E-state index in [9.17, 15) is 4.79 Å². The molecule has 0 aromatic rings. The van der Waals surface area contributed by atoms with Gasteiger partial charge in [-0.05, 0) is 45.7 Å². The third-order valence-electron chi connectivity index (χ3n) is 2.33. The van der Waals surface area contributed by atoms with Gasteiger partial charge in [-0.15, -0.1) is 0 Å². The van der Waals surface area contributed by atoms with Crippen molar-refractivity contribution in [3.63, 3.8) is 0 Å². The van der Waals surface area contributed by atoms with Gasteiger partial charge in [-0.1, -0.05) is 13.5 Å². The zero-order valence-electron chi connectivity index (χ0n) is 14.0. The molecule has 0 bridgehead atoms. The van der Waals surface area contributed by atoms with Gasteiger partial charge in [-0.2, -0.15) is 0 Å². The van der Waals surface area contributed by atoms with E-state index in [1.54, 1.807) is 0 Å². The highest BCUT2D eigenvalue weighted by molar-refractivity contribution is 6.81. The summed E-state index contributed by atoms with van der Waals surface area (Å²) in [6, 6.07) is 0.713. The van der Waals surface area contributed by atoms with Gasteiger partial charge >= 0.3 is 15.3 Å². The average molecular weight is 335 g/mol. The fourth-order valence-electron chi connectivity index (χ4n) is 1.63. The van der Waals surface area contributed by atoms with Crippen molar-refractivity contribution >= 4 is 31.9 Å². The number of carbonyl (C=O) groups is 1. The van der Waals surface area contributed by atoms with E-state index in [0.29, 0.717) is 6.04 Å². The summed E-state index contributed by atoms with van der Waals surface area (Å²) in [7, 11) is -5.12. The van der Waals surface area contributed by atoms with Crippen LogP contribution in [0.5, 0.6) is 0 Å². The molecular weight excluding hydrogens is 304 g/mol. The third kappa shape index (κ3) is 10.6. The molecule has 0 amide bonds. The molecular formula is C13H30O4Si3. The molecule has 0 aliphatic heterocycles. The predicted molar refractivity (Wildman–Crippen MR) is 91.2 cm³/mol. The lowest BCUT2D eigenvalue weighted by molar-refractivity contribution is -0.142. The molecule has 0 rings (SSSR count). The number of rotatable bonds is 9. The van der Waals surface area contributed by atoms with Gasteiger partial charge in [-0.3, -0.25) is 0 Å². The molecule has 0 aromatic heterocycles. The van der Waals surface area contributed by atoms with Crippen LogP contribution >= 0.6 is 0 Å². The molecule has 4 nitrogen and oxygen atoms in total. The first-order valence-electron chi connectivity index (χ1n) is 7.15. The Morgan fingerprint density at radius 1 is 1.15 bits per heavy atom. The number of hydrogen-bond acceptors (Lipinski definition) is 4. The fourth-order valence-corrected chi connectivity index (χ4v) is 10.2. The van der Waals surface area contributed by atoms with Crippen LogP contribution in [0.15, 0.2) is 12.7 Å². The molecule has 0 spiro atoms.